The minimum Gasteiger partial charge on any atom is -0.393 e. The van der Waals surface area contributed by atoms with Crippen molar-refractivity contribution in [2.45, 2.75) is 52.6 Å². The van der Waals surface area contributed by atoms with Crippen molar-refractivity contribution in [3.63, 3.8) is 0 Å². The third-order valence-corrected chi connectivity index (χ3v) is 3.50. The monoisotopic (exact) mass is 170 g/mol. The summed E-state index contributed by atoms with van der Waals surface area (Å²) in [6.07, 6.45) is 4.89. The molecule has 4 unspecified atom stereocenters. The Balaban J connectivity index is 2.50. The fraction of sp³-hybridized carbons (Fsp3) is 1.00. The highest BCUT2D eigenvalue weighted by Crippen LogP contribution is 2.29. The van der Waals surface area contributed by atoms with E-state index in [0.29, 0.717) is 11.8 Å². The SMILES string of the molecule is CC1CCCC(C)C(C)C(O)C1. The summed E-state index contributed by atoms with van der Waals surface area (Å²) in [5.41, 5.74) is 0. The molecule has 0 aromatic rings. The zero-order valence-corrected chi connectivity index (χ0v) is 8.59. The lowest BCUT2D eigenvalue weighted by Crippen LogP contribution is -2.27. The van der Waals surface area contributed by atoms with E-state index in [1.54, 1.807) is 0 Å². The molecule has 1 aliphatic carbocycles. The van der Waals surface area contributed by atoms with Gasteiger partial charge in [-0.05, 0) is 24.2 Å². The minimum absolute atomic E-state index is 0.0599. The molecule has 0 radical (unpaired) electrons. The minimum atomic E-state index is -0.0599. The average molecular weight is 170 g/mol. The van der Waals surface area contributed by atoms with E-state index in [0.717, 1.165) is 12.3 Å². The molecule has 1 nitrogen and oxygen atoms in total. The number of rotatable bonds is 0. The molecular formula is C11H22O. The largest absolute Gasteiger partial charge is 0.393 e. The lowest BCUT2D eigenvalue weighted by molar-refractivity contribution is 0.0522. The smallest absolute Gasteiger partial charge is 0.0570 e. The van der Waals surface area contributed by atoms with Crippen LogP contribution in [0.15, 0.2) is 0 Å². The van der Waals surface area contributed by atoms with E-state index >= 15 is 0 Å². The van der Waals surface area contributed by atoms with Crippen LogP contribution in [0.25, 0.3) is 0 Å². The normalized spacial score (nSPS) is 45.0. The molecule has 4 atom stereocenters. The third kappa shape index (κ3) is 2.48. The molecule has 0 aromatic carbocycles. The Bertz CT molecular complexity index is 133. The number of hydrogen-bond donors (Lipinski definition) is 1. The Morgan fingerprint density at radius 2 is 1.75 bits per heavy atom. The van der Waals surface area contributed by atoms with Crippen molar-refractivity contribution < 1.29 is 5.11 Å². The van der Waals surface area contributed by atoms with E-state index in [1.165, 1.54) is 19.3 Å². The quantitative estimate of drug-likeness (QED) is 0.592. The second kappa shape index (κ2) is 4.27. The van der Waals surface area contributed by atoms with Gasteiger partial charge in [0.2, 0.25) is 0 Å². The van der Waals surface area contributed by atoms with E-state index in [-0.39, 0.29) is 6.10 Å². The van der Waals surface area contributed by atoms with Crippen LogP contribution in [0.2, 0.25) is 0 Å². The molecule has 0 spiro atoms. The van der Waals surface area contributed by atoms with Crippen LogP contribution in [0.5, 0.6) is 0 Å². The van der Waals surface area contributed by atoms with Gasteiger partial charge in [0.05, 0.1) is 6.10 Å². The summed E-state index contributed by atoms with van der Waals surface area (Å²) in [5.74, 6) is 1.91. The number of aliphatic hydroxyl groups excluding tert-OH is 1. The summed E-state index contributed by atoms with van der Waals surface area (Å²) in [6, 6.07) is 0. The summed E-state index contributed by atoms with van der Waals surface area (Å²) < 4.78 is 0. The first-order chi connectivity index (χ1) is 5.61. The van der Waals surface area contributed by atoms with Crippen molar-refractivity contribution in [2.24, 2.45) is 17.8 Å². The third-order valence-electron chi connectivity index (χ3n) is 3.50. The lowest BCUT2D eigenvalue weighted by atomic mass is 9.79. The summed E-state index contributed by atoms with van der Waals surface area (Å²) >= 11 is 0. The zero-order valence-electron chi connectivity index (χ0n) is 8.59. The van der Waals surface area contributed by atoms with Gasteiger partial charge < -0.3 is 5.11 Å². The van der Waals surface area contributed by atoms with Crippen LogP contribution in [-0.4, -0.2) is 11.2 Å². The van der Waals surface area contributed by atoms with Crippen molar-refractivity contribution in [1.29, 1.82) is 0 Å². The molecular weight excluding hydrogens is 148 g/mol. The van der Waals surface area contributed by atoms with Gasteiger partial charge in [-0.15, -0.1) is 0 Å². The molecule has 1 fully saturated rings. The van der Waals surface area contributed by atoms with Crippen LogP contribution in [0.3, 0.4) is 0 Å². The van der Waals surface area contributed by atoms with Crippen LogP contribution < -0.4 is 0 Å². The van der Waals surface area contributed by atoms with E-state index in [1.807, 2.05) is 0 Å². The number of aliphatic hydroxyl groups is 1. The molecule has 1 heteroatoms. The summed E-state index contributed by atoms with van der Waals surface area (Å²) in [7, 11) is 0. The molecule has 1 aliphatic rings. The van der Waals surface area contributed by atoms with Crippen molar-refractivity contribution >= 4 is 0 Å². The van der Waals surface area contributed by atoms with Gasteiger partial charge in [-0.3, -0.25) is 0 Å². The molecule has 72 valence electrons. The first-order valence-electron chi connectivity index (χ1n) is 5.29. The second-order valence-electron chi connectivity index (χ2n) is 4.68. The van der Waals surface area contributed by atoms with E-state index in [9.17, 15) is 5.11 Å². The van der Waals surface area contributed by atoms with Crippen LogP contribution in [0, 0.1) is 17.8 Å². The molecule has 1 saturated carbocycles. The van der Waals surface area contributed by atoms with Crippen LogP contribution in [0.1, 0.15) is 46.5 Å². The summed E-state index contributed by atoms with van der Waals surface area (Å²) in [5, 5.41) is 9.82. The molecule has 0 heterocycles. The van der Waals surface area contributed by atoms with Gasteiger partial charge >= 0.3 is 0 Å². The van der Waals surface area contributed by atoms with Gasteiger partial charge in [0.1, 0.15) is 0 Å². The highest BCUT2D eigenvalue weighted by atomic mass is 16.3. The van der Waals surface area contributed by atoms with Gasteiger partial charge in [-0.1, -0.05) is 40.0 Å². The topological polar surface area (TPSA) is 20.2 Å². The molecule has 0 aromatic heterocycles. The molecule has 1 N–H and O–H groups in total. The zero-order chi connectivity index (χ0) is 9.14. The van der Waals surface area contributed by atoms with Gasteiger partial charge in [0.25, 0.3) is 0 Å². The van der Waals surface area contributed by atoms with Crippen molar-refractivity contribution in [3.05, 3.63) is 0 Å². The predicted octanol–water partition coefficient (Wildman–Crippen LogP) is 2.83. The lowest BCUT2D eigenvalue weighted by Gasteiger charge is -2.30. The van der Waals surface area contributed by atoms with E-state index < -0.39 is 0 Å². The first kappa shape index (κ1) is 10.0. The van der Waals surface area contributed by atoms with Crippen LogP contribution in [-0.2, 0) is 0 Å². The summed E-state index contributed by atoms with van der Waals surface area (Å²) in [4.78, 5) is 0. The Morgan fingerprint density at radius 3 is 2.42 bits per heavy atom. The Morgan fingerprint density at radius 1 is 1.08 bits per heavy atom. The second-order valence-corrected chi connectivity index (χ2v) is 4.68. The maximum Gasteiger partial charge on any atom is 0.0570 e. The first-order valence-corrected chi connectivity index (χ1v) is 5.29. The Kier molecular flexibility index (Phi) is 3.57. The standard InChI is InChI=1S/C11H22O/c1-8-5-4-6-9(2)10(3)11(12)7-8/h8-12H,4-7H2,1-3H3. The summed E-state index contributed by atoms with van der Waals surface area (Å²) in [6.45, 7) is 6.71. The average Bonchev–Trinajstić information content (AvgIpc) is 2.01. The van der Waals surface area contributed by atoms with Gasteiger partial charge in [-0.2, -0.15) is 0 Å². The van der Waals surface area contributed by atoms with Crippen molar-refractivity contribution in [1.82, 2.24) is 0 Å². The Labute approximate surface area is 76.2 Å². The molecule has 1 rings (SSSR count). The molecule has 0 aliphatic heterocycles. The van der Waals surface area contributed by atoms with Crippen LogP contribution >= 0.6 is 0 Å². The van der Waals surface area contributed by atoms with Gasteiger partial charge in [-0.25, -0.2) is 0 Å². The molecule has 0 bridgehead atoms. The molecule has 0 amide bonds. The predicted molar refractivity (Wildman–Crippen MR) is 52.0 cm³/mol. The van der Waals surface area contributed by atoms with Crippen molar-refractivity contribution in [2.75, 3.05) is 0 Å². The number of hydrogen-bond acceptors (Lipinski definition) is 1. The molecule has 0 saturated heterocycles. The molecule has 12 heavy (non-hydrogen) atoms. The van der Waals surface area contributed by atoms with Gasteiger partial charge in [0.15, 0.2) is 0 Å². The maximum absolute atomic E-state index is 9.82. The van der Waals surface area contributed by atoms with Crippen molar-refractivity contribution in [3.8, 4) is 0 Å². The van der Waals surface area contributed by atoms with Gasteiger partial charge in [0, 0.05) is 0 Å². The van der Waals surface area contributed by atoms with Crippen LogP contribution in [0.4, 0.5) is 0 Å². The fourth-order valence-corrected chi connectivity index (χ4v) is 2.18. The fourth-order valence-electron chi connectivity index (χ4n) is 2.18. The van der Waals surface area contributed by atoms with E-state index in [2.05, 4.69) is 20.8 Å². The Hall–Kier alpha value is -0.0400. The highest BCUT2D eigenvalue weighted by molar-refractivity contribution is 4.75. The maximum atomic E-state index is 9.82. The highest BCUT2D eigenvalue weighted by Gasteiger charge is 2.24. The van der Waals surface area contributed by atoms with E-state index in [4.69, 9.17) is 0 Å².